The summed E-state index contributed by atoms with van der Waals surface area (Å²) in [7, 11) is 1.49. The number of amides is 3. The van der Waals surface area contributed by atoms with Gasteiger partial charge in [0, 0.05) is 16.3 Å². The van der Waals surface area contributed by atoms with E-state index < -0.39 is 17.7 Å². The normalized spacial score (nSPS) is 13.4. The second-order valence-corrected chi connectivity index (χ2v) is 8.29. The number of rotatable bonds is 6. The van der Waals surface area contributed by atoms with Crippen LogP contribution in [0.15, 0.2) is 77.5 Å². The second kappa shape index (κ2) is 9.59. The van der Waals surface area contributed by atoms with Crippen molar-refractivity contribution in [3.8, 4) is 5.75 Å². The van der Waals surface area contributed by atoms with Gasteiger partial charge in [0.15, 0.2) is 0 Å². The highest BCUT2D eigenvalue weighted by molar-refractivity contribution is 6.53. The number of hydrogen-bond acceptors (Lipinski definition) is 5. The Morgan fingerprint density at radius 1 is 0.941 bits per heavy atom. The van der Waals surface area contributed by atoms with Crippen LogP contribution in [0.25, 0.3) is 0 Å². The molecule has 9 heteroatoms. The maximum atomic E-state index is 13.0. The van der Waals surface area contributed by atoms with Crippen LogP contribution < -0.4 is 20.3 Å². The van der Waals surface area contributed by atoms with Crippen molar-refractivity contribution in [1.82, 2.24) is 0 Å². The minimum atomic E-state index is -0.625. The summed E-state index contributed by atoms with van der Waals surface area (Å²) < 4.78 is 5.26. The molecule has 34 heavy (non-hydrogen) atoms. The fourth-order valence-electron chi connectivity index (χ4n) is 3.39. The van der Waals surface area contributed by atoms with Crippen molar-refractivity contribution in [2.45, 2.75) is 6.92 Å². The molecule has 3 amide bonds. The van der Waals surface area contributed by atoms with Crippen molar-refractivity contribution in [3.63, 3.8) is 0 Å². The predicted octanol–water partition coefficient (Wildman–Crippen LogP) is 5.35. The second-order valence-electron chi connectivity index (χ2n) is 7.47. The van der Waals surface area contributed by atoms with Gasteiger partial charge in [-0.3, -0.25) is 14.4 Å². The number of hydrogen-bond donors (Lipinski definition) is 2. The van der Waals surface area contributed by atoms with E-state index >= 15 is 0 Å². The summed E-state index contributed by atoms with van der Waals surface area (Å²) in [6.45, 7) is 1.90. The first kappa shape index (κ1) is 23.4. The van der Waals surface area contributed by atoms with Gasteiger partial charge in [-0.15, -0.1) is 0 Å². The lowest BCUT2D eigenvalue weighted by Crippen LogP contribution is -2.32. The molecule has 1 heterocycles. The van der Waals surface area contributed by atoms with E-state index in [9.17, 15) is 14.4 Å². The molecule has 0 bridgehead atoms. The van der Waals surface area contributed by atoms with Gasteiger partial charge in [-0.05, 0) is 55.5 Å². The van der Waals surface area contributed by atoms with Gasteiger partial charge in [-0.2, -0.15) is 0 Å². The molecular formula is C25H19Cl2N3O4. The molecule has 1 aliphatic rings. The molecule has 0 aliphatic carbocycles. The van der Waals surface area contributed by atoms with Crippen LogP contribution in [0.2, 0.25) is 5.02 Å². The highest BCUT2D eigenvalue weighted by Crippen LogP contribution is 2.31. The fraction of sp³-hybridized carbons (Fsp3) is 0.0800. The lowest BCUT2D eigenvalue weighted by Gasteiger charge is -2.15. The van der Waals surface area contributed by atoms with Crippen molar-refractivity contribution in [2.75, 3.05) is 22.6 Å². The Balaban J connectivity index is 1.55. The first-order chi connectivity index (χ1) is 16.3. The standard InChI is InChI=1S/C25H19Cl2N3O4/c1-14-6-9-18(10-7-14)30-24(32)21(27)22(25(30)33)28-17-5-3-4-15(12-17)23(31)29-19-13-16(26)8-11-20(19)34-2/h3-13,28H,1-2H3,(H,29,31). The summed E-state index contributed by atoms with van der Waals surface area (Å²) in [5.74, 6) is -1.17. The van der Waals surface area contributed by atoms with Gasteiger partial charge in [-0.1, -0.05) is 47.0 Å². The Labute approximate surface area is 205 Å². The summed E-state index contributed by atoms with van der Waals surface area (Å²) in [5, 5.41) is 5.84. The number of ether oxygens (including phenoxy) is 1. The highest BCUT2D eigenvalue weighted by atomic mass is 35.5. The van der Waals surface area contributed by atoms with Crippen LogP contribution in [-0.2, 0) is 9.59 Å². The van der Waals surface area contributed by atoms with Crippen LogP contribution in [0.3, 0.4) is 0 Å². The number of carbonyl (C=O) groups is 3. The zero-order valence-electron chi connectivity index (χ0n) is 18.2. The highest BCUT2D eigenvalue weighted by Gasteiger charge is 2.38. The molecule has 0 spiro atoms. The monoisotopic (exact) mass is 495 g/mol. The number of nitrogens with zero attached hydrogens (tertiary/aromatic N) is 1. The first-order valence-corrected chi connectivity index (χ1v) is 10.9. The Kier molecular flexibility index (Phi) is 6.58. The van der Waals surface area contributed by atoms with E-state index in [1.165, 1.54) is 13.2 Å². The SMILES string of the molecule is COc1ccc(Cl)cc1NC(=O)c1cccc(NC2=C(Cl)C(=O)N(c3ccc(C)cc3)C2=O)c1. The maximum Gasteiger partial charge on any atom is 0.283 e. The molecule has 0 aromatic heterocycles. The van der Waals surface area contributed by atoms with Crippen molar-refractivity contribution < 1.29 is 19.1 Å². The van der Waals surface area contributed by atoms with Crippen molar-refractivity contribution in [1.29, 1.82) is 0 Å². The third-order valence-electron chi connectivity index (χ3n) is 5.12. The summed E-state index contributed by atoms with van der Waals surface area (Å²) in [6.07, 6.45) is 0. The number of halogens is 2. The molecular weight excluding hydrogens is 477 g/mol. The zero-order valence-corrected chi connectivity index (χ0v) is 19.7. The van der Waals surface area contributed by atoms with E-state index in [2.05, 4.69) is 10.6 Å². The van der Waals surface area contributed by atoms with Gasteiger partial charge in [0.1, 0.15) is 16.5 Å². The van der Waals surface area contributed by atoms with Gasteiger partial charge in [0.05, 0.1) is 18.5 Å². The molecule has 0 saturated carbocycles. The average Bonchev–Trinajstić information content (AvgIpc) is 3.03. The van der Waals surface area contributed by atoms with E-state index in [0.717, 1.165) is 10.5 Å². The molecule has 0 fully saturated rings. The largest absolute Gasteiger partial charge is 0.495 e. The van der Waals surface area contributed by atoms with Gasteiger partial charge in [0.2, 0.25) is 0 Å². The summed E-state index contributed by atoms with van der Waals surface area (Å²) in [5.41, 5.74) is 2.46. The Hall–Kier alpha value is -3.81. The summed E-state index contributed by atoms with van der Waals surface area (Å²) in [6, 6.07) is 18.3. The number of methoxy groups -OCH3 is 1. The predicted molar refractivity (Wildman–Crippen MR) is 133 cm³/mol. The quantitative estimate of drug-likeness (QED) is 0.450. The van der Waals surface area contributed by atoms with Gasteiger partial charge in [0.25, 0.3) is 17.7 Å². The number of carbonyl (C=O) groups excluding carboxylic acids is 3. The third-order valence-corrected chi connectivity index (χ3v) is 5.71. The number of aryl methyl sites for hydroxylation is 1. The van der Waals surface area contributed by atoms with E-state index in [1.54, 1.807) is 60.7 Å². The van der Waals surface area contributed by atoms with Crippen LogP contribution in [0, 0.1) is 6.92 Å². The molecule has 0 unspecified atom stereocenters. The van der Waals surface area contributed by atoms with E-state index in [0.29, 0.717) is 33.4 Å². The molecule has 7 nitrogen and oxygen atoms in total. The molecule has 2 N–H and O–H groups in total. The zero-order chi connectivity index (χ0) is 24.4. The average molecular weight is 496 g/mol. The minimum Gasteiger partial charge on any atom is -0.495 e. The number of anilines is 3. The van der Waals surface area contributed by atoms with Gasteiger partial charge < -0.3 is 15.4 Å². The van der Waals surface area contributed by atoms with Crippen LogP contribution in [-0.4, -0.2) is 24.8 Å². The fourth-order valence-corrected chi connectivity index (χ4v) is 3.78. The third kappa shape index (κ3) is 4.62. The van der Waals surface area contributed by atoms with Crippen LogP contribution in [0.4, 0.5) is 17.1 Å². The van der Waals surface area contributed by atoms with Gasteiger partial charge in [-0.25, -0.2) is 4.90 Å². The Morgan fingerprint density at radius 3 is 2.38 bits per heavy atom. The smallest absolute Gasteiger partial charge is 0.283 e. The van der Waals surface area contributed by atoms with E-state index in [-0.39, 0.29) is 10.7 Å². The van der Waals surface area contributed by atoms with Crippen LogP contribution >= 0.6 is 23.2 Å². The number of imide groups is 1. The van der Waals surface area contributed by atoms with Crippen LogP contribution in [0.1, 0.15) is 15.9 Å². The number of benzene rings is 3. The van der Waals surface area contributed by atoms with Crippen molar-refractivity contribution in [3.05, 3.63) is 93.6 Å². The van der Waals surface area contributed by atoms with Crippen molar-refractivity contribution >= 4 is 58.0 Å². The molecule has 0 saturated heterocycles. The van der Waals surface area contributed by atoms with Crippen LogP contribution in [0.5, 0.6) is 5.75 Å². The molecule has 3 aromatic rings. The maximum absolute atomic E-state index is 13.0. The molecule has 0 atom stereocenters. The lowest BCUT2D eigenvalue weighted by molar-refractivity contribution is -0.120. The molecule has 0 radical (unpaired) electrons. The van der Waals surface area contributed by atoms with E-state index in [4.69, 9.17) is 27.9 Å². The minimum absolute atomic E-state index is 0.0682. The topological polar surface area (TPSA) is 87.7 Å². The molecule has 172 valence electrons. The molecule has 4 rings (SSSR count). The molecule has 1 aliphatic heterocycles. The Morgan fingerprint density at radius 2 is 1.68 bits per heavy atom. The first-order valence-electron chi connectivity index (χ1n) is 10.2. The Bertz CT molecular complexity index is 1340. The number of nitrogens with one attached hydrogen (secondary N) is 2. The van der Waals surface area contributed by atoms with Gasteiger partial charge >= 0.3 is 0 Å². The summed E-state index contributed by atoms with van der Waals surface area (Å²) >= 11 is 12.2. The summed E-state index contributed by atoms with van der Waals surface area (Å²) in [4.78, 5) is 39.5. The van der Waals surface area contributed by atoms with Crippen molar-refractivity contribution in [2.24, 2.45) is 0 Å². The molecule has 3 aromatic carbocycles. The lowest BCUT2D eigenvalue weighted by atomic mass is 10.1. The van der Waals surface area contributed by atoms with E-state index in [1.807, 2.05) is 6.92 Å².